The summed E-state index contributed by atoms with van der Waals surface area (Å²) in [6.45, 7) is 0.619. The second-order valence-electron chi connectivity index (χ2n) is 5.60. The van der Waals surface area contributed by atoms with Crippen molar-refractivity contribution >= 4 is 5.69 Å². The molecular formula is C20H17F3N2O. The number of halogens is 3. The molecule has 0 aliphatic rings. The zero-order valence-electron chi connectivity index (χ0n) is 13.8. The molecule has 0 radical (unpaired) electrons. The number of hydrogen-bond acceptors (Lipinski definition) is 3. The summed E-state index contributed by atoms with van der Waals surface area (Å²) in [7, 11) is 0. The highest BCUT2D eigenvalue weighted by molar-refractivity contribution is 5.41. The van der Waals surface area contributed by atoms with Crippen molar-refractivity contribution in [2.24, 2.45) is 0 Å². The van der Waals surface area contributed by atoms with E-state index in [2.05, 4.69) is 10.9 Å². The minimum Gasteiger partial charge on any atom is -0.489 e. The number of rotatable bonds is 7. The van der Waals surface area contributed by atoms with E-state index in [1.54, 1.807) is 0 Å². The maximum Gasteiger partial charge on any atom is 0.194 e. The van der Waals surface area contributed by atoms with Gasteiger partial charge in [-0.2, -0.15) is 0 Å². The molecule has 0 aliphatic heterocycles. The van der Waals surface area contributed by atoms with Gasteiger partial charge < -0.3 is 10.2 Å². The second kappa shape index (κ2) is 8.40. The molecule has 3 aromatic carbocycles. The average molecular weight is 358 g/mol. The van der Waals surface area contributed by atoms with E-state index in [1.807, 2.05) is 54.6 Å². The summed E-state index contributed by atoms with van der Waals surface area (Å²) in [5.41, 5.74) is 8.92. The maximum atomic E-state index is 13.3. The Labute approximate surface area is 149 Å². The molecule has 0 saturated carbocycles. The number of anilines is 1. The van der Waals surface area contributed by atoms with Gasteiger partial charge in [-0.15, -0.1) is 0 Å². The predicted molar refractivity (Wildman–Crippen MR) is 94.0 cm³/mol. The van der Waals surface area contributed by atoms with Gasteiger partial charge in [0.05, 0.1) is 0 Å². The summed E-state index contributed by atoms with van der Waals surface area (Å²) in [4.78, 5) is 0. The molecule has 3 aromatic rings. The Balaban J connectivity index is 1.62. The summed E-state index contributed by atoms with van der Waals surface area (Å²) >= 11 is 0. The molecular weight excluding hydrogens is 341 g/mol. The van der Waals surface area contributed by atoms with Crippen molar-refractivity contribution in [3.8, 4) is 5.75 Å². The topological polar surface area (TPSA) is 33.3 Å². The molecule has 2 N–H and O–H groups in total. The second-order valence-corrected chi connectivity index (χ2v) is 5.60. The van der Waals surface area contributed by atoms with Crippen LogP contribution in [-0.2, 0) is 13.2 Å². The molecule has 0 aliphatic carbocycles. The molecule has 0 aromatic heterocycles. The SMILES string of the molecule is Fc1cc(OCc2ccccc2CNNc2ccccc2)cc(F)c1F. The van der Waals surface area contributed by atoms with Gasteiger partial charge in [-0.3, -0.25) is 0 Å². The van der Waals surface area contributed by atoms with Gasteiger partial charge in [0.1, 0.15) is 12.4 Å². The van der Waals surface area contributed by atoms with Crippen LogP contribution in [0.2, 0.25) is 0 Å². The molecule has 3 nitrogen and oxygen atoms in total. The lowest BCUT2D eigenvalue weighted by molar-refractivity contribution is 0.298. The van der Waals surface area contributed by atoms with Gasteiger partial charge >= 0.3 is 0 Å². The van der Waals surface area contributed by atoms with E-state index in [-0.39, 0.29) is 12.4 Å². The number of hydrogen-bond donors (Lipinski definition) is 2. The van der Waals surface area contributed by atoms with Crippen LogP contribution >= 0.6 is 0 Å². The molecule has 6 heteroatoms. The van der Waals surface area contributed by atoms with Gasteiger partial charge in [-0.1, -0.05) is 42.5 Å². The Hall–Kier alpha value is -2.99. The molecule has 26 heavy (non-hydrogen) atoms. The third-order valence-electron chi connectivity index (χ3n) is 3.76. The zero-order chi connectivity index (χ0) is 18.4. The molecule has 0 saturated heterocycles. The number of para-hydroxylation sites is 1. The van der Waals surface area contributed by atoms with Gasteiger partial charge in [0.2, 0.25) is 0 Å². The van der Waals surface area contributed by atoms with Gasteiger partial charge in [0.25, 0.3) is 0 Å². The van der Waals surface area contributed by atoms with Gasteiger partial charge in [-0.25, -0.2) is 18.6 Å². The number of benzene rings is 3. The molecule has 0 heterocycles. The van der Waals surface area contributed by atoms with Crippen molar-refractivity contribution in [3.05, 3.63) is 95.3 Å². The largest absolute Gasteiger partial charge is 0.489 e. The summed E-state index contributed by atoms with van der Waals surface area (Å²) < 4.78 is 44.9. The molecule has 0 fully saturated rings. The molecule has 0 spiro atoms. The van der Waals surface area contributed by atoms with Crippen LogP contribution in [0.15, 0.2) is 66.7 Å². The Morgan fingerprint density at radius 2 is 1.38 bits per heavy atom. The molecule has 134 valence electrons. The first-order valence-electron chi connectivity index (χ1n) is 8.01. The van der Waals surface area contributed by atoms with Crippen LogP contribution in [-0.4, -0.2) is 0 Å². The Kier molecular flexibility index (Phi) is 5.76. The maximum absolute atomic E-state index is 13.3. The summed E-state index contributed by atoms with van der Waals surface area (Å²) in [5.74, 6) is -4.12. The first kappa shape index (κ1) is 17.8. The molecule has 0 bridgehead atoms. The van der Waals surface area contributed by atoms with Crippen molar-refractivity contribution < 1.29 is 17.9 Å². The highest BCUT2D eigenvalue weighted by atomic mass is 19.2. The van der Waals surface area contributed by atoms with E-state index < -0.39 is 17.5 Å². The van der Waals surface area contributed by atoms with Crippen LogP contribution in [0.1, 0.15) is 11.1 Å². The van der Waals surface area contributed by atoms with Gasteiger partial charge in [0, 0.05) is 24.4 Å². The van der Waals surface area contributed by atoms with Crippen molar-refractivity contribution in [1.29, 1.82) is 0 Å². The van der Waals surface area contributed by atoms with Gasteiger partial charge in [-0.05, 0) is 23.3 Å². The van der Waals surface area contributed by atoms with Crippen molar-refractivity contribution in [1.82, 2.24) is 5.43 Å². The third kappa shape index (κ3) is 4.55. The number of hydrazine groups is 1. The smallest absolute Gasteiger partial charge is 0.194 e. The summed E-state index contributed by atoms with van der Waals surface area (Å²) in [5, 5.41) is 0. The van der Waals surface area contributed by atoms with Crippen molar-refractivity contribution in [2.75, 3.05) is 5.43 Å². The van der Waals surface area contributed by atoms with Crippen LogP contribution in [0.4, 0.5) is 18.9 Å². The van der Waals surface area contributed by atoms with E-state index in [4.69, 9.17) is 4.74 Å². The third-order valence-corrected chi connectivity index (χ3v) is 3.76. The lowest BCUT2D eigenvalue weighted by Gasteiger charge is -2.13. The van der Waals surface area contributed by atoms with Crippen LogP contribution in [0, 0.1) is 17.5 Å². The highest BCUT2D eigenvalue weighted by Gasteiger charge is 2.11. The fourth-order valence-electron chi connectivity index (χ4n) is 2.41. The van der Waals surface area contributed by atoms with Crippen molar-refractivity contribution in [3.63, 3.8) is 0 Å². The van der Waals surface area contributed by atoms with Crippen molar-refractivity contribution in [2.45, 2.75) is 13.2 Å². The lowest BCUT2D eigenvalue weighted by Crippen LogP contribution is -2.21. The lowest BCUT2D eigenvalue weighted by atomic mass is 10.1. The van der Waals surface area contributed by atoms with Gasteiger partial charge in [0.15, 0.2) is 17.5 Å². The Bertz CT molecular complexity index is 849. The first-order chi connectivity index (χ1) is 12.6. The molecule has 0 atom stereocenters. The fraction of sp³-hybridized carbons (Fsp3) is 0.100. The Morgan fingerprint density at radius 3 is 2.08 bits per heavy atom. The Morgan fingerprint density at radius 1 is 0.769 bits per heavy atom. The van der Waals surface area contributed by atoms with E-state index in [1.165, 1.54) is 0 Å². The number of nitrogens with one attached hydrogen (secondary N) is 2. The summed E-state index contributed by atoms with van der Waals surface area (Å²) in [6, 6.07) is 18.8. The zero-order valence-corrected chi connectivity index (χ0v) is 13.8. The standard InChI is InChI=1S/C20H17F3N2O/c21-18-10-17(11-19(22)20(18)23)26-13-15-7-5-4-6-14(15)12-24-25-16-8-2-1-3-9-16/h1-11,24-25H,12-13H2. The van der Waals surface area contributed by atoms with E-state index in [9.17, 15) is 13.2 Å². The molecule has 0 unspecified atom stereocenters. The number of ether oxygens (including phenoxy) is 1. The quantitative estimate of drug-likeness (QED) is 0.470. The molecule has 3 rings (SSSR count). The van der Waals surface area contributed by atoms with Crippen LogP contribution in [0.25, 0.3) is 0 Å². The average Bonchev–Trinajstić information content (AvgIpc) is 2.66. The minimum absolute atomic E-state index is 0.0634. The van der Waals surface area contributed by atoms with Crippen LogP contribution < -0.4 is 15.6 Å². The normalized spacial score (nSPS) is 10.6. The highest BCUT2D eigenvalue weighted by Crippen LogP contribution is 2.21. The van der Waals surface area contributed by atoms with E-state index >= 15 is 0 Å². The fourth-order valence-corrected chi connectivity index (χ4v) is 2.41. The monoisotopic (exact) mass is 358 g/mol. The minimum atomic E-state index is -1.51. The first-order valence-corrected chi connectivity index (χ1v) is 8.01. The van der Waals surface area contributed by atoms with Crippen LogP contribution in [0.3, 0.4) is 0 Å². The van der Waals surface area contributed by atoms with Crippen LogP contribution in [0.5, 0.6) is 5.75 Å². The van der Waals surface area contributed by atoms with E-state index in [0.717, 1.165) is 28.9 Å². The van der Waals surface area contributed by atoms with E-state index in [0.29, 0.717) is 6.54 Å². The predicted octanol–water partition coefficient (Wildman–Crippen LogP) is 4.80. The summed E-state index contributed by atoms with van der Waals surface area (Å²) in [6.07, 6.45) is 0. The molecule has 0 amide bonds.